The molecule has 0 spiro atoms. The van der Waals surface area contributed by atoms with E-state index in [9.17, 15) is 4.39 Å². The van der Waals surface area contributed by atoms with E-state index in [0.717, 1.165) is 12.0 Å². The van der Waals surface area contributed by atoms with Crippen LogP contribution < -0.4 is 10.1 Å². The minimum Gasteiger partial charge on any atom is -0.489 e. The Bertz CT molecular complexity index is 337. The van der Waals surface area contributed by atoms with Crippen LogP contribution in [0.2, 0.25) is 0 Å². The minimum atomic E-state index is -0.259. The van der Waals surface area contributed by atoms with E-state index < -0.39 is 0 Å². The van der Waals surface area contributed by atoms with Crippen LogP contribution in [0.5, 0.6) is 5.75 Å². The zero-order valence-electron chi connectivity index (χ0n) is 10.4. The van der Waals surface area contributed by atoms with Crippen molar-refractivity contribution in [2.45, 2.75) is 39.3 Å². The molecule has 0 aliphatic heterocycles. The van der Waals surface area contributed by atoms with E-state index in [4.69, 9.17) is 4.74 Å². The van der Waals surface area contributed by atoms with Gasteiger partial charge in [-0.1, -0.05) is 13.0 Å². The van der Waals surface area contributed by atoms with E-state index in [1.54, 1.807) is 6.07 Å². The molecule has 2 unspecified atom stereocenters. The van der Waals surface area contributed by atoms with Gasteiger partial charge in [0.1, 0.15) is 17.7 Å². The van der Waals surface area contributed by atoms with Crippen LogP contribution in [-0.2, 0) is 0 Å². The second-order valence-electron chi connectivity index (χ2n) is 4.04. The second-order valence-corrected chi connectivity index (χ2v) is 4.04. The third kappa shape index (κ3) is 3.20. The van der Waals surface area contributed by atoms with Crippen molar-refractivity contribution in [2.75, 3.05) is 7.05 Å². The van der Waals surface area contributed by atoms with Crippen molar-refractivity contribution in [3.63, 3.8) is 0 Å². The topological polar surface area (TPSA) is 21.3 Å². The van der Waals surface area contributed by atoms with Gasteiger partial charge >= 0.3 is 0 Å². The molecule has 0 aliphatic rings. The Balaban J connectivity index is 2.75. The molecule has 2 atom stereocenters. The van der Waals surface area contributed by atoms with Gasteiger partial charge in [0.25, 0.3) is 0 Å². The Morgan fingerprint density at radius 2 is 2.12 bits per heavy atom. The summed E-state index contributed by atoms with van der Waals surface area (Å²) in [7, 11) is 1.91. The first-order chi connectivity index (χ1) is 7.58. The van der Waals surface area contributed by atoms with Gasteiger partial charge in [0.05, 0.1) is 0 Å². The number of hydrogen-bond donors (Lipinski definition) is 1. The lowest BCUT2D eigenvalue weighted by atomic mass is 10.1. The van der Waals surface area contributed by atoms with Crippen LogP contribution in [0.1, 0.15) is 25.8 Å². The number of benzene rings is 1. The fourth-order valence-corrected chi connectivity index (χ4v) is 1.75. The highest BCUT2D eigenvalue weighted by molar-refractivity contribution is 5.32. The molecule has 1 aromatic carbocycles. The normalized spacial score (nSPS) is 14.6. The van der Waals surface area contributed by atoms with Crippen molar-refractivity contribution >= 4 is 0 Å². The Morgan fingerprint density at radius 1 is 1.44 bits per heavy atom. The molecule has 2 nitrogen and oxygen atoms in total. The van der Waals surface area contributed by atoms with Gasteiger partial charge in [-0.25, -0.2) is 4.39 Å². The summed E-state index contributed by atoms with van der Waals surface area (Å²) in [4.78, 5) is 0. The smallest absolute Gasteiger partial charge is 0.126 e. The SMILES string of the molecule is CCC(NC)C(C)Oc1cc(F)ccc1C. The monoisotopic (exact) mass is 225 g/mol. The third-order valence-corrected chi connectivity index (χ3v) is 2.84. The molecular formula is C13H20FNO. The van der Waals surface area contributed by atoms with Gasteiger partial charge < -0.3 is 10.1 Å². The molecule has 0 aliphatic carbocycles. The van der Waals surface area contributed by atoms with Gasteiger partial charge in [-0.05, 0) is 38.9 Å². The molecule has 0 bridgehead atoms. The number of halogens is 1. The van der Waals surface area contributed by atoms with Crippen molar-refractivity contribution in [3.8, 4) is 5.75 Å². The fourth-order valence-electron chi connectivity index (χ4n) is 1.75. The number of likely N-dealkylation sites (N-methyl/N-ethyl adjacent to an activating group) is 1. The van der Waals surface area contributed by atoms with E-state index in [-0.39, 0.29) is 18.0 Å². The quantitative estimate of drug-likeness (QED) is 0.832. The summed E-state index contributed by atoms with van der Waals surface area (Å²) >= 11 is 0. The summed E-state index contributed by atoms with van der Waals surface area (Å²) in [5.74, 6) is 0.367. The average molecular weight is 225 g/mol. The fraction of sp³-hybridized carbons (Fsp3) is 0.538. The maximum atomic E-state index is 13.1. The van der Waals surface area contributed by atoms with Crippen molar-refractivity contribution in [1.82, 2.24) is 5.32 Å². The molecule has 0 fully saturated rings. The molecule has 16 heavy (non-hydrogen) atoms. The van der Waals surface area contributed by atoms with Gasteiger partial charge in [-0.15, -0.1) is 0 Å². The summed E-state index contributed by atoms with van der Waals surface area (Å²) in [5.41, 5.74) is 0.958. The summed E-state index contributed by atoms with van der Waals surface area (Å²) in [5, 5.41) is 3.19. The van der Waals surface area contributed by atoms with Gasteiger partial charge in [0.15, 0.2) is 0 Å². The third-order valence-electron chi connectivity index (χ3n) is 2.84. The van der Waals surface area contributed by atoms with Crippen LogP contribution in [0.4, 0.5) is 4.39 Å². The molecule has 1 N–H and O–H groups in total. The first-order valence-corrected chi connectivity index (χ1v) is 5.68. The van der Waals surface area contributed by atoms with Gasteiger partial charge in [0, 0.05) is 12.1 Å². The van der Waals surface area contributed by atoms with Gasteiger partial charge in [-0.2, -0.15) is 0 Å². The lowest BCUT2D eigenvalue weighted by molar-refractivity contribution is 0.170. The maximum Gasteiger partial charge on any atom is 0.126 e. The summed E-state index contributed by atoms with van der Waals surface area (Å²) in [6.45, 7) is 6.01. The van der Waals surface area contributed by atoms with Gasteiger partial charge in [0.2, 0.25) is 0 Å². The van der Waals surface area contributed by atoms with E-state index in [1.165, 1.54) is 12.1 Å². The van der Waals surface area contributed by atoms with Crippen molar-refractivity contribution in [2.24, 2.45) is 0 Å². The van der Waals surface area contributed by atoms with Crippen LogP contribution in [0.25, 0.3) is 0 Å². The molecule has 0 amide bonds. The van der Waals surface area contributed by atoms with Crippen molar-refractivity contribution < 1.29 is 9.13 Å². The summed E-state index contributed by atoms with van der Waals surface area (Å²) < 4.78 is 18.8. The highest BCUT2D eigenvalue weighted by atomic mass is 19.1. The molecule has 90 valence electrons. The predicted molar refractivity (Wildman–Crippen MR) is 64.4 cm³/mol. The molecule has 0 saturated carbocycles. The lowest BCUT2D eigenvalue weighted by Crippen LogP contribution is -2.38. The van der Waals surface area contributed by atoms with E-state index >= 15 is 0 Å². The molecule has 0 radical (unpaired) electrons. The molecule has 1 rings (SSSR count). The Labute approximate surface area is 96.8 Å². The van der Waals surface area contributed by atoms with E-state index in [1.807, 2.05) is 20.9 Å². The molecule has 3 heteroatoms. The van der Waals surface area contributed by atoms with Crippen LogP contribution >= 0.6 is 0 Å². The number of rotatable bonds is 5. The first kappa shape index (κ1) is 13.0. The highest BCUT2D eigenvalue weighted by Gasteiger charge is 2.15. The van der Waals surface area contributed by atoms with E-state index in [0.29, 0.717) is 5.75 Å². The van der Waals surface area contributed by atoms with Crippen molar-refractivity contribution in [1.29, 1.82) is 0 Å². The number of ether oxygens (including phenoxy) is 1. The Morgan fingerprint density at radius 3 is 2.69 bits per heavy atom. The highest BCUT2D eigenvalue weighted by Crippen LogP contribution is 2.21. The average Bonchev–Trinajstić information content (AvgIpc) is 2.25. The second kappa shape index (κ2) is 5.85. The summed E-state index contributed by atoms with van der Waals surface area (Å²) in [6.07, 6.45) is 1.00. The van der Waals surface area contributed by atoms with Gasteiger partial charge in [-0.3, -0.25) is 0 Å². The van der Waals surface area contributed by atoms with Crippen LogP contribution in [0.15, 0.2) is 18.2 Å². The molecule has 0 heterocycles. The van der Waals surface area contributed by atoms with Crippen LogP contribution in [0.3, 0.4) is 0 Å². The zero-order chi connectivity index (χ0) is 12.1. The van der Waals surface area contributed by atoms with Crippen LogP contribution in [-0.4, -0.2) is 19.2 Å². The summed E-state index contributed by atoms with van der Waals surface area (Å²) in [6, 6.07) is 4.90. The minimum absolute atomic E-state index is 0.0236. The Kier molecular flexibility index (Phi) is 4.74. The lowest BCUT2D eigenvalue weighted by Gasteiger charge is -2.24. The maximum absolute atomic E-state index is 13.1. The largest absolute Gasteiger partial charge is 0.489 e. The molecule has 0 saturated heterocycles. The molecule has 0 aromatic heterocycles. The standard InChI is InChI=1S/C13H20FNO/c1-5-12(15-4)10(3)16-13-8-11(14)7-6-9(13)2/h6-8,10,12,15H,5H2,1-4H3. The van der Waals surface area contributed by atoms with Crippen LogP contribution in [0, 0.1) is 12.7 Å². The first-order valence-electron chi connectivity index (χ1n) is 5.68. The number of aryl methyl sites for hydroxylation is 1. The van der Waals surface area contributed by atoms with E-state index in [2.05, 4.69) is 12.2 Å². The van der Waals surface area contributed by atoms with Crippen molar-refractivity contribution in [3.05, 3.63) is 29.6 Å². The zero-order valence-corrected chi connectivity index (χ0v) is 10.4. The number of hydrogen-bond acceptors (Lipinski definition) is 2. The Hall–Kier alpha value is -1.09. The predicted octanol–water partition coefficient (Wildman–Crippen LogP) is 2.90. The molecular weight excluding hydrogens is 205 g/mol. The number of nitrogens with one attached hydrogen (secondary N) is 1. The molecule has 1 aromatic rings.